The standard InChI is InChI=1S/C19H16N2O/c22-19(20-12-6-9-15-7-2-1-3-8-15)13-16-14-21-18-11-5-4-10-17(16)18/h1-5,7-8,10-11,14,21H,12-13H2,(H,20,22). The molecule has 0 radical (unpaired) electrons. The van der Waals surface area contributed by atoms with Gasteiger partial charge in [-0.1, -0.05) is 48.2 Å². The number of nitrogens with one attached hydrogen (secondary N) is 2. The molecule has 3 nitrogen and oxygen atoms in total. The van der Waals surface area contributed by atoms with Gasteiger partial charge in [-0.2, -0.15) is 0 Å². The minimum absolute atomic E-state index is 0.0212. The van der Waals surface area contributed by atoms with Gasteiger partial charge in [-0.15, -0.1) is 0 Å². The van der Waals surface area contributed by atoms with Crippen LogP contribution in [0.25, 0.3) is 10.9 Å². The highest BCUT2D eigenvalue weighted by atomic mass is 16.1. The van der Waals surface area contributed by atoms with Gasteiger partial charge in [0, 0.05) is 22.7 Å². The lowest BCUT2D eigenvalue weighted by Crippen LogP contribution is -2.25. The Hall–Kier alpha value is -2.99. The zero-order chi connectivity index (χ0) is 15.2. The monoisotopic (exact) mass is 288 g/mol. The molecule has 0 atom stereocenters. The van der Waals surface area contributed by atoms with Crippen molar-refractivity contribution in [2.24, 2.45) is 0 Å². The van der Waals surface area contributed by atoms with E-state index in [0.29, 0.717) is 13.0 Å². The van der Waals surface area contributed by atoms with Gasteiger partial charge < -0.3 is 10.3 Å². The molecular formula is C19H16N2O. The largest absolute Gasteiger partial charge is 0.361 e. The Morgan fingerprint density at radius 1 is 1.05 bits per heavy atom. The minimum Gasteiger partial charge on any atom is -0.361 e. The zero-order valence-corrected chi connectivity index (χ0v) is 12.1. The van der Waals surface area contributed by atoms with E-state index in [-0.39, 0.29) is 5.91 Å². The second-order valence-corrected chi connectivity index (χ2v) is 4.98. The Balaban J connectivity index is 1.56. The molecule has 1 amide bonds. The fourth-order valence-electron chi connectivity index (χ4n) is 2.32. The van der Waals surface area contributed by atoms with Crippen LogP contribution in [0.4, 0.5) is 0 Å². The third-order valence-electron chi connectivity index (χ3n) is 3.41. The first kappa shape index (κ1) is 14.0. The Labute approximate surface area is 129 Å². The van der Waals surface area contributed by atoms with Gasteiger partial charge in [0.2, 0.25) is 5.91 Å². The van der Waals surface area contributed by atoms with Crippen molar-refractivity contribution >= 4 is 16.8 Å². The molecule has 22 heavy (non-hydrogen) atoms. The average Bonchev–Trinajstić information content (AvgIpc) is 2.96. The van der Waals surface area contributed by atoms with Crippen molar-refractivity contribution in [3.63, 3.8) is 0 Å². The Bertz CT molecular complexity index is 838. The maximum Gasteiger partial charge on any atom is 0.225 e. The predicted molar refractivity (Wildman–Crippen MR) is 88.3 cm³/mol. The summed E-state index contributed by atoms with van der Waals surface area (Å²) < 4.78 is 0. The number of rotatable bonds is 3. The molecule has 3 rings (SSSR count). The Kier molecular flexibility index (Phi) is 4.22. The first-order valence-electron chi connectivity index (χ1n) is 7.18. The number of fused-ring (bicyclic) bond motifs is 1. The number of aromatic nitrogens is 1. The maximum atomic E-state index is 12.0. The molecule has 1 aromatic heterocycles. The first-order valence-corrected chi connectivity index (χ1v) is 7.18. The predicted octanol–water partition coefficient (Wildman–Crippen LogP) is 2.88. The van der Waals surface area contributed by atoms with E-state index in [1.54, 1.807) is 0 Å². The van der Waals surface area contributed by atoms with E-state index in [0.717, 1.165) is 22.0 Å². The number of H-pyrrole nitrogens is 1. The molecule has 0 aliphatic rings. The first-order chi connectivity index (χ1) is 10.8. The van der Waals surface area contributed by atoms with Gasteiger partial charge in [0.15, 0.2) is 0 Å². The van der Waals surface area contributed by atoms with Gasteiger partial charge in [-0.05, 0) is 23.8 Å². The number of carbonyl (C=O) groups is 1. The summed E-state index contributed by atoms with van der Waals surface area (Å²) in [4.78, 5) is 15.1. The van der Waals surface area contributed by atoms with Crippen LogP contribution in [0.1, 0.15) is 11.1 Å². The van der Waals surface area contributed by atoms with E-state index in [9.17, 15) is 4.79 Å². The van der Waals surface area contributed by atoms with Crippen LogP contribution in [0.15, 0.2) is 60.8 Å². The highest BCUT2D eigenvalue weighted by Gasteiger charge is 2.07. The van der Waals surface area contributed by atoms with Gasteiger partial charge in [0.25, 0.3) is 0 Å². The van der Waals surface area contributed by atoms with Crippen LogP contribution in [0, 0.1) is 11.8 Å². The number of hydrogen-bond acceptors (Lipinski definition) is 1. The summed E-state index contributed by atoms with van der Waals surface area (Å²) in [6.07, 6.45) is 2.25. The van der Waals surface area contributed by atoms with Crippen molar-refractivity contribution in [2.45, 2.75) is 6.42 Å². The summed E-state index contributed by atoms with van der Waals surface area (Å²) in [5.41, 5.74) is 3.01. The van der Waals surface area contributed by atoms with E-state index in [1.807, 2.05) is 60.8 Å². The minimum atomic E-state index is -0.0212. The molecule has 0 aliphatic carbocycles. The van der Waals surface area contributed by atoms with E-state index >= 15 is 0 Å². The van der Waals surface area contributed by atoms with Crippen LogP contribution in [0.2, 0.25) is 0 Å². The molecule has 1 heterocycles. The van der Waals surface area contributed by atoms with Crippen LogP contribution in [-0.4, -0.2) is 17.4 Å². The van der Waals surface area contributed by atoms with Crippen LogP contribution >= 0.6 is 0 Å². The fourth-order valence-corrected chi connectivity index (χ4v) is 2.32. The van der Waals surface area contributed by atoms with Crippen LogP contribution < -0.4 is 5.32 Å². The molecule has 3 heteroatoms. The van der Waals surface area contributed by atoms with Gasteiger partial charge >= 0.3 is 0 Å². The lowest BCUT2D eigenvalue weighted by Gasteiger charge is -2.00. The molecule has 0 spiro atoms. The molecule has 108 valence electrons. The van der Waals surface area contributed by atoms with Gasteiger partial charge in [0.05, 0.1) is 13.0 Å². The molecule has 0 aliphatic heterocycles. The second kappa shape index (κ2) is 6.64. The van der Waals surface area contributed by atoms with Crippen molar-refractivity contribution in [1.82, 2.24) is 10.3 Å². The molecule has 3 aromatic rings. The second-order valence-electron chi connectivity index (χ2n) is 4.98. The summed E-state index contributed by atoms with van der Waals surface area (Å²) >= 11 is 0. The lowest BCUT2D eigenvalue weighted by atomic mass is 10.1. The summed E-state index contributed by atoms with van der Waals surface area (Å²) in [7, 11) is 0. The Morgan fingerprint density at radius 2 is 1.82 bits per heavy atom. The van der Waals surface area contributed by atoms with Crippen molar-refractivity contribution in [3.05, 3.63) is 71.9 Å². The third kappa shape index (κ3) is 3.36. The summed E-state index contributed by atoms with van der Waals surface area (Å²) in [6.45, 7) is 0.357. The van der Waals surface area contributed by atoms with E-state index in [2.05, 4.69) is 22.1 Å². The van der Waals surface area contributed by atoms with Crippen molar-refractivity contribution < 1.29 is 4.79 Å². The van der Waals surface area contributed by atoms with Crippen LogP contribution in [0.5, 0.6) is 0 Å². The molecule has 0 fully saturated rings. The molecule has 2 aromatic carbocycles. The smallest absolute Gasteiger partial charge is 0.225 e. The summed E-state index contributed by atoms with van der Waals surface area (Å²) in [6, 6.07) is 17.7. The normalized spacial score (nSPS) is 10.0. The number of amides is 1. The molecule has 0 saturated carbocycles. The number of benzene rings is 2. The highest BCUT2D eigenvalue weighted by Crippen LogP contribution is 2.17. The van der Waals surface area contributed by atoms with Crippen molar-refractivity contribution in [2.75, 3.05) is 6.54 Å². The molecule has 0 bridgehead atoms. The van der Waals surface area contributed by atoms with E-state index in [1.165, 1.54) is 0 Å². The van der Waals surface area contributed by atoms with E-state index in [4.69, 9.17) is 0 Å². The maximum absolute atomic E-state index is 12.0. The zero-order valence-electron chi connectivity index (χ0n) is 12.1. The SMILES string of the molecule is O=C(Cc1c[nH]c2ccccc12)NCC#Cc1ccccc1. The number of aromatic amines is 1. The van der Waals surface area contributed by atoms with Crippen molar-refractivity contribution in [1.29, 1.82) is 0 Å². The summed E-state index contributed by atoms with van der Waals surface area (Å²) in [5, 5.41) is 3.92. The molecule has 0 unspecified atom stereocenters. The fraction of sp³-hybridized carbons (Fsp3) is 0.105. The van der Waals surface area contributed by atoms with Crippen LogP contribution in [0.3, 0.4) is 0 Å². The molecule has 2 N–H and O–H groups in total. The summed E-state index contributed by atoms with van der Waals surface area (Å²) in [5.74, 6) is 5.96. The Morgan fingerprint density at radius 3 is 2.68 bits per heavy atom. The third-order valence-corrected chi connectivity index (χ3v) is 3.41. The quantitative estimate of drug-likeness (QED) is 0.715. The lowest BCUT2D eigenvalue weighted by molar-refractivity contribution is -0.120. The van der Waals surface area contributed by atoms with Gasteiger partial charge in [-0.25, -0.2) is 0 Å². The molecule has 0 saturated heterocycles. The number of hydrogen-bond donors (Lipinski definition) is 2. The highest BCUT2D eigenvalue weighted by molar-refractivity contribution is 5.88. The number of carbonyl (C=O) groups excluding carboxylic acids is 1. The number of para-hydroxylation sites is 1. The van der Waals surface area contributed by atoms with E-state index < -0.39 is 0 Å². The van der Waals surface area contributed by atoms with Crippen molar-refractivity contribution in [3.8, 4) is 11.8 Å². The topological polar surface area (TPSA) is 44.9 Å². The average molecular weight is 288 g/mol. The van der Waals surface area contributed by atoms with Crippen LogP contribution in [-0.2, 0) is 11.2 Å². The van der Waals surface area contributed by atoms with Gasteiger partial charge in [0.1, 0.15) is 0 Å². The van der Waals surface area contributed by atoms with Gasteiger partial charge in [-0.3, -0.25) is 4.79 Å². The molecular weight excluding hydrogens is 272 g/mol.